The second kappa shape index (κ2) is 6.47. The Kier molecular flexibility index (Phi) is 5.25. The molecule has 0 radical (unpaired) electrons. The van der Waals surface area contributed by atoms with Crippen molar-refractivity contribution >= 4 is 5.97 Å². The molecule has 1 aromatic rings. The van der Waals surface area contributed by atoms with Crippen molar-refractivity contribution in [3.8, 4) is 0 Å². The maximum Gasteiger partial charge on any atom is 0.317 e. The number of ether oxygens (including phenoxy) is 1. The zero-order valence-corrected chi connectivity index (χ0v) is 10.4. The van der Waals surface area contributed by atoms with Crippen LogP contribution in [0.3, 0.4) is 0 Å². The van der Waals surface area contributed by atoms with Crippen LogP contribution < -0.4 is 5.73 Å². The fourth-order valence-corrected chi connectivity index (χ4v) is 2.01. The Morgan fingerprint density at radius 2 is 2.06 bits per heavy atom. The molecule has 0 heterocycles. The van der Waals surface area contributed by atoms with Crippen LogP contribution in [0.5, 0.6) is 0 Å². The van der Waals surface area contributed by atoms with Crippen molar-refractivity contribution in [3.63, 3.8) is 0 Å². The topological polar surface area (TPSA) is 72.5 Å². The quantitative estimate of drug-likeness (QED) is 0.743. The Bertz CT molecular complexity index is 394. The summed E-state index contributed by atoms with van der Waals surface area (Å²) in [5.74, 6) is -0.846. The molecule has 0 saturated carbocycles. The molecule has 1 unspecified atom stereocenters. The molecule has 0 bridgehead atoms. The fraction of sp³-hybridized carbons (Fsp3) is 0.462. The minimum Gasteiger partial charge on any atom is -0.468 e. The highest BCUT2D eigenvalue weighted by atomic mass is 19.1. The summed E-state index contributed by atoms with van der Waals surface area (Å²) in [6, 6.07) is 5.61. The first-order valence-electron chi connectivity index (χ1n) is 5.76. The Balaban J connectivity index is 3.16. The summed E-state index contributed by atoms with van der Waals surface area (Å²) in [5.41, 5.74) is 5.30. The Hall–Kier alpha value is -1.46. The van der Waals surface area contributed by atoms with Gasteiger partial charge >= 0.3 is 5.97 Å². The minimum absolute atomic E-state index is 0.0417. The first kappa shape index (κ1) is 14.6. The predicted molar refractivity (Wildman–Crippen MR) is 65.5 cm³/mol. The van der Waals surface area contributed by atoms with Gasteiger partial charge in [-0.3, -0.25) is 4.79 Å². The van der Waals surface area contributed by atoms with Gasteiger partial charge in [-0.1, -0.05) is 12.1 Å². The summed E-state index contributed by atoms with van der Waals surface area (Å²) >= 11 is 0. The molecule has 1 atom stereocenters. The zero-order valence-electron chi connectivity index (χ0n) is 10.4. The fourth-order valence-electron chi connectivity index (χ4n) is 2.01. The summed E-state index contributed by atoms with van der Waals surface area (Å²) in [5, 5.41) is 8.92. The molecular formula is C13H18FNO3. The van der Waals surface area contributed by atoms with Crippen LogP contribution in [0.25, 0.3) is 0 Å². The first-order chi connectivity index (χ1) is 8.60. The number of halogens is 1. The summed E-state index contributed by atoms with van der Waals surface area (Å²) in [6.45, 7) is 0.00520. The molecule has 18 heavy (non-hydrogen) atoms. The van der Waals surface area contributed by atoms with Gasteiger partial charge in [0.25, 0.3) is 0 Å². The molecule has 0 aliphatic carbocycles. The third kappa shape index (κ3) is 2.86. The van der Waals surface area contributed by atoms with E-state index >= 15 is 0 Å². The third-order valence-corrected chi connectivity index (χ3v) is 3.08. The Morgan fingerprint density at radius 1 is 1.44 bits per heavy atom. The van der Waals surface area contributed by atoms with Gasteiger partial charge in [-0.2, -0.15) is 0 Å². The maximum atomic E-state index is 12.9. The number of nitrogens with two attached hydrogens (primary N) is 1. The van der Waals surface area contributed by atoms with Crippen LogP contribution in [-0.4, -0.2) is 31.3 Å². The normalized spacial score (nSPS) is 14.0. The van der Waals surface area contributed by atoms with E-state index < -0.39 is 11.4 Å². The molecule has 0 aromatic heterocycles. The van der Waals surface area contributed by atoms with Gasteiger partial charge in [0.15, 0.2) is 0 Å². The number of hydrogen-bond donors (Lipinski definition) is 2. The molecule has 0 saturated heterocycles. The molecule has 0 aliphatic rings. The third-order valence-electron chi connectivity index (χ3n) is 3.08. The number of aliphatic hydroxyl groups is 1. The van der Waals surface area contributed by atoms with Crippen molar-refractivity contribution in [1.29, 1.82) is 0 Å². The lowest BCUT2D eigenvalue weighted by atomic mass is 9.76. The summed E-state index contributed by atoms with van der Waals surface area (Å²) in [7, 11) is 1.29. The van der Waals surface area contributed by atoms with Crippen molar-refractivity contribution in [2.75, 3.05) is 20.3 Å². The van der Waals surface area contributed by atoms with Gasteiger partial charge in [-0.25, -0.2) is 4.39 Å². The van der Waals surface area contributed by atoms with E-state index in [0.29, 0.717) is 18.4 Å². The number of methoxy groups -OCH3 is 1. The van der Waals surface area contributed by atoms with Crippen LogP contribution in [0, 0.1) is 5.82 Å². The van der Waals surface area contributed by atoms with Gasteiger partial charge in [0, 0.05) is 13.2 Å². The molecular weight excluding hydrogens is 237 g/mol. The molecule has 5 heteroatoms. The molecule has 0 amide bonds. The minimum atomic E-state index is -1.02. The monoisotopic (exact) mass is 255 g/mol. The van der Waals surface area contributed by atoms with E-state index in [4.69, 9.17) is 15.6 Å². The number of hydrogen-bond acceptors (Lipinski definition) is 4. The second-order valence-electron chi connectivity index (χ2n) is 4.11. The van der Waals surface area contributed by atoms with E-state index in [-0.39, 0.29) is 19.0 Å². The Morgan fingerprint density at radius 3 is 2.50 bits per heavy atom. The largest absolute Gasteiger partial charge is 0.468 e. The van der Waals surface area contributed by atoms with E-state index in [9.17, 15) is 9.18 Å². The smallest absolute Gasteiger partial charge is 0.317 e. The van der Waals surface area contributed by atoms with Crippen LogP contribution in [0.1, 0.15) is 18.4 Å². The van der Waals surface area contributed by atoms with Gasteiger partial charge in [0.05, 0.1) is 7.11 Å². The number of esters is 1. The summed E-state index contributed by atoms with van der Waals surface area (Å²) in [4.78, 5) is 12.0. The van der Waals surface area contributed by atoms with E-state index in [1.807, 2.05) is 0 Å². The maximum absolute atomic E-state index is 12.9. The highest BCUT2D eigenvalue weighted by Crippen LogP contribution is 2.30. The molecule has 1 aromatic carbocycles. The lowest BCUT2D eigenvalue weighted by Crippen LogP contribution is -2.44. The average molecular weight is 255 g/mol. The van der Waals surface area contributed by atoms with Crippen LogP contribution in [0.2, 0.25) is 0 Å². The molecule has 100 valence electrons. The van der Waals surface area contributed by atoms with Crippen molar-refractivity contribution < 1.29 is 19.0 Å². The van der Waals surface area contributed by atoms with Crippen molar-refractivity contribution in [3.05, 3.63) is 35.6 Å². The SMILES string of the molecule is COC(=O)C(CN)(CCCO)c1ccc(F)cc1. The molecule has 1 rings (SSSR count). The van der Waals surface area contributed by atoms with Crippen LogP contribution >= 0.6 is 0 Å². The van der Waals surface area contributed by atoms with E-state index in [0.717, 1.165) is 0 Å². The van der Waals surface area contributed by atoms with E-state index in [1.54, 1.807) is 0 Å². The highest BCUT2D eigenvalue weighted by Gasteiger charge is 2.39. The first-order valence-corrected chi connectivity index (χ1v) is 5.76. The summed E-state index contributed by atoms with van der Waals surface area (Å²) in [6.07, 6.45) is 0.780. The van der Waals surface area contributed by atoms with Gasteiger partial charge in [-0.15, -0.1) is 0 Å². The average Bonchev–Trinajstić information content (AvgIpc) is 2.41. The Labute approximate surface area is 106 Å². The van der Waals surface area contributed by atoms with Gasteiger partial charge in [0.2, 0.25) is 0 Å². The van der Waals surface area contributed by atoms with Gasteiger partial charge in [-0.05, 0) is 30.5 Å². The van der Waals surface area contributed by atoms with Crippen LogP contribution in [-0.2, 0) is 14.9 Å². The number of benzene rings is 1. The van der Waals surface area contributed by atoms with Crippen molar-refractivity contribution in [2.24, 2.45) is 5.73 Å². The van der Waals surface area contributed by atoms with E-state index in [2.05, 4.69) is 0 Å². The second-order valence-corrected chi connectivity index (χ2v) is 4.11. The molecule has 0 spiro atoms. The number of carbonyl (C=O) groups excluding carboxylic acids is 1. The number of rotatable bonds is 6. The highest BCUT2D eigenvalue weighted by molar-refractivity contribution is 5.83. The standard InChI is InChI=1S/C13H18FNO3/c1-18-12(17)13(9-15,7-2-8-16)10-3-5-11(14)6-4-10/h3-6,16H,2,7-9,15H2,1H3. The van der Waals surface area contributed by atoms with Gasteiger partial charge in [0.1, 0.15) is 11.2 Å². The summed E-state index contributed by atoms with van der Waals surface area (Å²) < 4.78 is 17.7. The molecule has 0 fully saturated rings. The van der Waals surface area contributed by atoms with Crippen molar-refractivity contribution in [2.45, 2.75) is 18.3 Å². The lowest BCUT2D eigenvalue weighted by molar-refractivity contribution is -0.147. The molecule has 0 aliphatic heterocycles. The zero-order chi connectivity index (χ0) is 13.6. The molecule has 3 N–H and O–H groups in total. The van der Waals surface area contributed by atoms with Crippen LogP contribution in [0.15, 0.2) is 24.3 Å². The van der Waals surface area contributed by atoms with Crippen LogP contribution in [0.4, 0.5) is 4.39 Å². The molecule has 4 nitrogen and oxygen atoms in total. The van der Waals surface area contributed by atoms with E-state index in [1.165, 1.54) is 31.4 Å². The number of carbonyl (C=O) groups is 1. The van der Waals surface area contributed by atoms with Gasteiger partial charge < -0.3 is 15.6 Å². The lowest BCUT2D eigenvalue weighted by Gasteiger charge is -2.30. The predicted octanol–water partition coefficient (Wildman–Crippen LogP) is 0.968. The van der Waals surface area contributed by atoms with Crippen molar-refractivity contribution in [1.82, 2.24) is 0 Å². The number of aliphatic hydroxyl groups excluding tert-OH is 1.